The van der Waals surface area contributed by atoms with Crippen molar-refractivity contribution in [2.45, 2.75) is 13.0 Å². The molecule has 8 heteroatoms. The third-order valence-corrected chi connectivity index (χ3v) is 5.33. The zero-order valence-corrected chi connectivity index (χ0v) is 16.4. The minimum atomic E-state index is -0.382. The van der Waals surface area contributed by atoms with Crippen molar-refractivity contribution >= 4 is 34.8 Å². The third-order valence-electron chi connectivity index (χ3n) is 4.81. The van der Waals surface area contributed by atoms with Crippen molar-refractivity contribution in [1.29, 1.82) is 0 Å². The van der Waals surface area contributed by atoms with Gasteiger partial charge < -0.3 is 4.57 Å². The van der Waals surface area contributed by atoms with Gasteiger partial charge in [-0.3, -0.25) is 19.2 Å². The summed E-state index contributed by atoms with van der Waals surface area (Å²) in [5.41, 5.74) is 3.27. The Morgan fingerprint density at radius 2 is 1.74 bits per heavy atom. The van der Waals surface area contributed by atoms with Crippen LogP contribution < -0.4 is 10.5 Å². The molecule has 0 saturated heterocycles. The molecule has 1 amide bonds. The van der Waals surface area contributed by atoms with E-state index in [-0.39, 0.29) is 22.5 Å². The molecule has 0 aliphatic carbocycles. The van der Waals surface area contributed by atoms with Gasteiger partial charge in [-0.1, -0.05) is 35.3 Å². The maximum Gasteiger partial charge on any atom is 0.277 e. The Balaban J connectivity index is 1.97. The number of carbonyl (C=O) groups excluding carboxylic acids is 1. The minimum absolute atomic E-state index is 0.0588. The van der Waals surface area contributed by atoms with E-state index >= 15 is 0 Å². The molecule has 2 aromatic heterocycles. The van der Waals surface area contributed by atoms with E-state index < -0.39 is 0 Å². The zero-order valence-electron chi connectivity index (χ0n) is 14.9. The first-order valence-corrected chi connectivity index (χ1v) is 9.04. The van der Waals surface area contributed by atoms with Crippen molar-refractivity contribution in [3.05, 3.63) is 79.4 Å². The molecule has 1 aliphatic heterocycles. The van der Waals surface area contributed by atoms with E-state index in [1.807, 2.05) is 19.1 Å². The average molecular weight is 403 g/mol. The lowest BCUT2D eigenvalue weighted by atomic mass is 9.99. The highest BCUT2D eigenvalue weighted by molar-refractivity contribution is 6.31. The second kappa shape index (κ2) is 6.25. The molecule has 6 nitrogen and oxygen atoms in total. The summed E-state index contributed by atoms with van der Waals surface area (Å²) < 4.78 is 2.97. The van der Waals surface area contributed by atoms with Crippen molar-refractivity contribution in [3.63, 3.8) is 0 Å². The number of amides is 1. The highest BCUT2D eigenvalue weighted by Gasteiger charge is 2.43. The molecule has 1 aliphatic rings. The van der Waals surface area contributed by atoms with Crippen LogP contribution in [0.3, 0.4) is 0 Å². The van der Waals surface area contributed by atoms with Crippen LogP contribution in [0.25, 0.3) is 0 Å². The molecule has 0 spiro atoms. The number of rotatable bonds is 2. The first kappa shape index (κ1) is 17.8. The molecule has 3 heterocycles. The lowest BCUT2D eigenvalue weighted by Crippen LogP contribution is -2.31. The predicted molar refractivity (Wildman–Crippen MR) is 105 cm³/mol. The Kier molecular flexibility index (Phi) is 4.13. The Hall–Kier alpha value is -2.57. The maximum absolute atomic E-state index is 13.3. The molecule has 0 N–H and O–H groups in total. The fourth-order valence-electron chi connectivity index (χ4n) is 3.63. The number of fused-ring (bicyclic) bond motifs is 1. The van der Waals surface area contributed by atoms with E-state index in [0.29, 0.717) is 16.4 Å². The van der Waals surface area contributed by atoms with Gasteiger partial charge in [-0.05, 0) is 30.7 Å². The zero-order chi connectivity index (χ0) is 19.5. The highest BCUT2D eigenvalue weighted by atomic mass is 35.5. The standard InChI is InChI=1S/C19H16Cl2N4O2/c1-10-15-16(11-4-6-12(20)7-5-11)25(19(27)17(15)24(3)22-10)13-8-14(21)18(26)23(2)9-13/h4-9,16H,1-3H3. The number of benzene rings is 1. The normalized spacial score (nSPS) is 16.1. The molecule has 1 atom stereocenters. The molecule has 0 radical (unpaired) electrons. The van der Waals surface area contributed by atoms with Gasteiger partial charge in [0.25, 0.3) is 11.5 Å². The van der Waals surface area contributed by atoms with Gasteiger partial charge in [0.2, 0.25) is 0 Å². The Labute approximate surface area is 165 Å². The van der Waals surface area contributed by atoms with Gasteiger partial charge in [-0.15, -0.1) is 0 Å². The van der Waals surface area contributed by atoms with Crippen molar-refractivity contribution in [2.24, 2.45) is 14.1 Å². The Morgan fingerprint density at radius 1 is 1.07 bits per heavy atom. The number of pyridine rings is 1. The molecule has 0 bridgehead atoms. The quantitative estimate of drug-likeness (QED) is 0.658. The largest absolute Gasteiger partial charge is 0.315 e. The van der Waals surface area contributed by atoms with Gasteiger partial charge in [0.05, 0.1) is 17.4 Å². The van der Waals surface area contributed by atoms with Crippen LogP contribution in [0, 0.1) is 6.92 Å². The number of carbonyl (C=O) groups is 1. The fourth-order valence-corrected chi connectivity index (χ4v) is 4.00. The summed E-state index contributed by atoms with van der Waals surface area (Å²) in [6.45, 7) is 1.88. The van der Waals surface area contributed by atoms with Crippen molar-refractivity contribution in [2.75, 3.05) is 4.90 Å². The van der Waals surface area contributed by atoms with Gasteiger partial charge in [0.1, 0.15) is 10.7 Å². The number of hydrogen-bond donors (Lipinski definition) is 0. The summed E-state index contributed by atoms with van der Waals surface area (Å²) in [5, 5.41) is 5.09. The fraction of sp³-hybridized carbons (Fsp3) is 0.211. The molecule has 1 aromatic carbocycles. The van der Waals surface area contributed by atoms with Gasteiger partial charge in [0.15, 0.2) is 0 Å². The molecular weight excluding hydrogens is 387 g/mol. The highest BCUT2D eigenvalue weighted by Crippen LogP contribution is 2.43. The summed E-state index contributed by atoms with van der Waals surface area (Å²) in [5.74, 6) is -0.192. The first-order valence-electron chi connectivity index (χ1n) is 8.28. The second-order valence-electron chi connectivity index (χ2n) is 6.56. The number of nitrogens with zero attached hydrogens (tertiary/aromatic N) is 4. The van der Waals surface area contributed by atoms with Crippen LogP contribution in [0.15, 0.2) is 41.3 Å². The van der Waals surface area contributed by atoms with Crippen molar-refractivity contribution < 1.29 is 4.79 Å². The van der Waals surface area contributed by atoms with Crippen LogP contribution >= 0.6 is 23.2 Å². The van der Waals surface area contributed by atoms with Crippen LogP contribution in [0.4, 0.5) is 5.69 Å². The van der Waals surface area contributed by atoms with Gasteiger partial charge in [-0.25, -0.2) is 0 Å². The van der Waals surface area contributed by atoms with E-state index in [2.05, 4.69) is 5.10 Å². The van der Waals surface area contributed by atoms with E-state index in [9.17, 15) is 9.59 Å². The summed E-state index contributed by atoms with van der Waals surface area (Å²) in [4.78, 5) is 26.9. The molecular formula is C19H16Cl2N4O2. The average Bonchev–Trinajstić information content (AvgIpc) is 3.08. The number of aromatic nitrogens is 3. The Morgan fingerprint density at radius 3 is 2.37 bits per heavy atom. The molecule has 27 heavy (non-hydrogen) atoms. The van der Waals surface area contributed by atoms with Crippen LogP contribution in [-0.2, 0) is 14.1 Å². The number of aryl methyl sites for hydroxylation is 3. The topological polar surface area (TPSA) is 60.1 Å². The summed E-state index contributed by atoms with van der Waals surface area (Å²) in [6, 6.07) is 8.50. The molecule has 138 valence electrons. The number of hydrogen-bond acceptors (Lipinski definition) is 3. The smallest absolute Gasteiger partial charge is 0.277 e. The second-order valence-corrected chi connectivity index (χ2v) is 7.41. The van der Waals surface area contributed by atoms with Gasteiger partial charge in [-0.2, -0.15) is 5.10 Å². The third kappa shape index (κ3) is 2.67. The number of halogens is 2. The van der Waals surface area contributed by atoms with E-state index in [4.69, 9.17) is 23.2 Å². The van der Waals surface area contributed by atoms with Gasteiger partial charge in [0, 0.05) is 30.9 Å². The molecule has 3 aromatic rings. The van der Waals surface area contributed by atoms with Crippen molar-refractivity contribution in [3.8, 4) is 0 Å². The lowest BCUT2D eigenvalue weighted by molar-refractivity contribution is 0.0984. The van der Waals surface area contributed by atoms with Crippen LogP contribution in [-0.4, -0.2) is 20.3 Å². The molecule has 4 rings (SSSR count). The summed E-state index contributed by atoms with van der Waals surface area (Å²) in [6.07, 6.45) is 1.61. The van der Waals surface area contributed by atoms with E-state index in [1.165, 1.54) is 10.6 Å². The molecule has 1 unspecified atom stereocenters. The summed E-state index contributed by atoms with van der Waals surface area (Å²) >= 11 is 12.1. The summed E-state index contributed by atoms with van der Waals surface area (Å²) in [7, 11) is 3.36. The monoisotopic (exact) mass is 402 g/mol. The molecule has 0 saturated carbocycles. The van der Waals surface area contributed by atoms with Crippen LogP contribution in [0.1, 0.15) is 33.4 Å². The minimum Gasteiger partial charge on any atom is -0.315 e. The van der Waals surface area contributed by atoms with Crippen LogP contribution in [0.5, 0.6) is 0 Å². The maximum atomic E-state index is 13.3. The first-order chi connectivity index (χ1) is 12.8. The SMILES string of the molecule is Cc1nn(C)c2c1C(c1ccc(Cl)cc1)N(c1cc(Cl)c(=O)n(C)c1)C2=O. The molecule has 0 fully saturated rings. The van der Waals surface area contributed by atoms with E-state index in [0.717, 1.165) is 16.8 Å². The van der Waals surface area contributed by atoms with Crippen LogP contribution in [0.2, 0.25) is 10.0 Å². The lowest BCUT2D eigenvalue weighted by Gasteiger charge is -2.26. The van der Waals surface area contributed by atoms with E-state index in [1.54, 1.807) is 42.0 Å². The predicted octanol–water partition coefficient (Wildman–Crippen LogP) is 3.48. The van der Waals surface area contributed by atoms with Gasteiger partial charge >= 0.3 is 0 Å². The van der Waals surface area contributed by atoms with Crippen molar-refractivity contribution in [1.82, 2.24) is 14.3 Å². The number of anilines is 1. The Bertz CT molecular complexity index is 1110.